The number of piperidine rings is 1. The Morgan fingerprint density at radius 1 is 1.00 bits per heavy atom. The van der Waals surface area contributed by atoms with Gasteiger partial charge in [-0.25, -0.2) is 0 Å². The summed E-state index contributed by atoms with van der Waals surface area (Å²) in [7, 11) is 0. The number of nitrogens with one attached hydrogen (secondary N) is 1. The zero-order valence-corrected chi connectivity index (χ0v) is 20.2. The molecule has 1 aliphatic rings. The summed E-state index contributed by atoms with van der Waals surface area (Å²) in [4.78, 5) is 32.8. The summed E-state index contributed by atoms with van der Waals surface area (Å²) in [6.07, 6.45) is 1.16. The van der Waals surface area contributed by atoms with Crippen molar-refractivity contribution in [2.75, 3.05) is 13.1 Å². The van der Waals surface area contributed by atoms with Crippen molar-refractivity contribution < 1.29 is 14.1 Å². The van der Waals surface area contributed by atoms with Crippen molar-refractivity contribution >= 4 is 11.8 Å². The van der Waals surface area contributed by atoms with Gasteiger partial charge in [-0.05, 0) is 62.4 Å². The number of aromatic nitrogens is 2. The molecule has 7 heteroatoms. The lowest BCUT2D eigenvalue weighted by Gasteiger charge is -2.42. The van der Waals surface area contributed by atoms with Crippen LogP contribution in [0.1, 0.15) is 55.4 Å². The smallest absolute Gasteiger partial charge is 0.257 e. The van der Waals surface area contributed by atoms with Gasteiger partial charge in [0.15, 0.2) is 5.82 Å². The van der Waals surface area contributed by atoms with Crippen LogP contribution in [0.25, 0.3) is 11.5 Å². The van der Waals surface area contributed by atoms with Crippen molar-refractivity contribution in [2.45, 2.75) is 52.0 Å². The lowest BCUT2D eigenvalue weighted by atomic mass is 9.71. The van der Waals surface area contributed by atoms with Crippen LogP contribution < -0.4 is 5.32 Å². The molecule has 0 radical (unpaired) electrons. The summed E-state index contributed by atoms with van der Waals surface area (Å²) in [5.41, 5.74) is 1.75. The van der Waals surface area contributed by atoms with Crippen LogP contribution in [-0.4, -0.2) is 46.0 Å². The molecule has 1 aliphatic heterocycles. The molecule has 1 aromatic heterocycles. The molecule has 4 rings (SSSR count). The maximum atomic E-state index is 13.5. The number of carbonyl (C=O) groups is 2. The first kappa shape index (κ1) is 23.7. The van der Waals surface area contributed by atoms with Crippen molar-refractivity contribution in [2.24, 2.45) is 5.92 Å². The number of rotatable bonds is 6. The molecule has 1 fully saturated rings. The van der Waals surface area contributed by atoms with E-state index in [0.717, 1.165) is 11.1 Å². The third-order valence-electron chi connectivity index (χ3n) is 6.93. The fraction of sp³-hybridized carbons (Fsp3) is 0.407. The van der Waals surface area contributed by atoms with Gasteiger partial charge in [0.25, 0.3) is 11.8 Å². The fourth-order valence-electron chi connectivity index (χ4n) is 4.36. The van der Waals surface area contributed by atoms with Gasteiger partial charge in [0.1, 0.15) is 0 Å². The van der Waals surface area contributed by atoms with Crippen LogP contribution in [0.15, 0.2) is 59.1 Å². The van der Waals surface area contributed by atoms with Crippen LogP contribution in [0.3, 0.4) is 0 Å². The summed E-state index contributed by atoms with van der Waals surface area (Å²) in [5, 5.41) is 7.04. The minimum atomic E-state index is -0.638. The van der Waals surface area contributed by atoms with Crippen LogP contribution in [0.4, 0.5) is 0 Å². The molecule has 2 aromatic carbocycles. The molecular weight excluding hydrogens is 428 g/mol. The van der Waals surface area contributed by atoms with E-state index in [4.69, 9.17) is 4.52 Å². The number of aryl methyl sites for hydroxylation is 1. The predicted octanol–water partition coefficient (Wildman–Crippen LogP) is 4.38. The first-order valence-electron chi connectivity index (χ1n) is 11.9. The largest absolute Gasteiger partial charge is 0.353 e. The second-order valence-electron chi connectivity index (χ2n) is 9.47. The van der Waals surface area contributed by atoms with Crippen LogP contribution in [-0.2, 0) is 10.2 Å². The van der Waals surface area contributed by atoms with Gasteiger partial charge in [-0.3, -0.25) is 9.59 Å². The third kappa shape index (κ3) is 4.74. The number of hydrogen-bond acceptors (Lipinski definition) is 5. The van der Waals surface area contributed by atoms with E-state index >= 15 is 0 Å². The molecule has 0 aliphatic carbocycles. The zero-order valence-electron chi connectivity index (χ0n) is 20.2. The van der Waals surface area contributed by atoms with Crippen molar-refractivity contribution in [1.29, 1.82) is 0 Å². The number of nitrogens with zero attached hydrogens (tertiary/aromatic N) is 3. The second-order valence-corrected chi connectivity index (χ2v) is 9.47. The molecule has 34 heavy (non-hydrogen) atoms. The molecule has 1 atom stereocenters. The third-order valence-corrected chi connectivity index (χ3v) is 6.93. The molecule has 2 amide bonds. The van der Waals surface area contributed by atoms with Gasteiger partial charge < -0.3 is 14.7 Å². The highest BCUT2D eigenvalue weighted by molar-refractivity contribution is 5.95. The SMILES string of the molecule is Cc1noc(-c2ccc(C(=O)N3CCC(C(=O)N[C@@H](C)C(C)C)(c4ccccc4)CC3)cc2)n1. The van der Waals surface area contributed by atoms with E-state index in [1.807, 2.05) is 54.3 Å². The Balaban J connectivity index is 1.49. The highest BCUT2D eigenvalue weighted by Gasteiger charge is 2.44. The lowest BCUT2D eigenvalue weighted by molar-refractivity contribution is -0.129. The quantitative estimate of drug-likeness (QED) is 0.590. The Morgan fingerprint density at radius 2 is 1.65 bits per heavy atom. The van der Waals surface area contributed by atoms with Gasteiger partial charge in [-0.15, -0.1) is 0 Å². The number of amides is 2. The molecule has 0 bridgehead atoms. The van der Waals surface area contributed by atoms with Gasteiger partial charge >= 0.3 is 0 Å². The Bertz CT molecular complexity index is 1130. The summed E-state index contributed by atoms with van der Waals surface area (Å²) in [6, 6.07) is 17.2. The Morgan fingerprint density at radius 3 is 2.21 bits per heavy atom. The van der Waals surface area contributed by atoms with Crippen LogP contribution in [0.2, 0.25) is 0 Å². The molecule has 7 nitrogen and oxygen atoms in total. The monoisotopic (exact) mass is 460 g/mol. The topological polar surface area (TPSA) is 88.3 Å². The number of likely N-dealkylation sites (tertiary alicyclic amines) is 1. The lowest BCUT2D eigenvalue weighted by Crippen LogP contribution is -2.54. The van der Waals surface area contributed by atoms with E-state index < -0.39 is 5.41 Å². The van der Waals surface area contributed by atoms with E-state index in [9.17, 15) is 9.59 Å². The van der Waals surface area contributed by atoms with E-state index in [1.54, 1.807) is 19.1 Å². The molecule has 2 heterocycles. The van der Waals surface area contributed by atoms with Crippen molar-refractivity contribution in [3.63, 3.8) is 0 Å². The van der Waals surface area contributed by atoms with E-state index in [2.05, 4.69) is 29.3 Å². The van der Waals surface area contributed by atoms with E-state index in [0.29, 0.717) is 49.1 Å². The Hall–Kier alpha value is -3.48. The minimum absolute atomic E-state index is 0.0362. The fourth-order valence-corrected chi connectivity index (χ4v) is 4.36. The van der Waals surface area contributed by atoms with E-state index in [-0.39, 0.29) is 17.9 Å². The predicted molar refractivity (Wildman–Crippen MR) is 130 cm³/mol. The highest BCUT2D eigenvalue weighted by Crippen LogP contribution is 2.36. The molecular formula is C27H32N4O3. The van der Waals surface area contributed by atoms with Crippen LogP contribution >= 0.6 is 0 Å². The summed E-state index contributed by atoms with van der Waals surface area (Å²) in [6.45, 7) is 9.04. The Kier molecular flexibility index (Phi) is 6.82. The maximum Gasteiger partial charge on any atom is 0.257 e. The normalized spacial score (nSPS) is 16.3. The van der Waals surface area contributed by atoms with Gasteiger partial charge in [0.05, 0.1) is 5.41 Å². The van der Waals surface area contributed by atoms with Gasteiger partial charge in [-0.2, -0.15) is 4.98 Å². The summed E-state index contributed by atoms with van der Waals surface area (Å²) in [5.74, 6) is 1.36. The van der Waals surface area contributed by atoms with Gasteiger partial charge in [0, 0.05) is 30.3 Å². The van der Waals surface area contributed by atoms with Crippen molar-refractivity contribution in [3.8, 4) is 11.5 Å². The number of carbonyl (C=O) groups excluding carboxylic acids is 2. The molecule has 3 aromatic rings. The molecule has 0 spiro atoms. The van der Waals surface area contributed by atoms with Crippen molar-refractivity contribution in [3.05, 3.63) is 71.5 Å². The molecule has 1 N–H and O–H groups in total. The average molecular weight is 461 g/mol. The second kappa shape index (κ2) is 9.79. The standard InChI is InChI=1S/C27H32N4O3/c1-18(2)19(3)28-26(33)27(23-8-6-5-7-9-23)14-16-31(17-15-27)25(32)22-12-10-21(11-13-22)24-29-20(4)30-34-24/h5-13,18-19H,14-17H2,1-4H3,(H,28,33)/t19-/m0/s1. The van der Waals surface area contributed by atoms with Crippen molar-refractivity contribution in [1.82, 2.24) is 20.4 Å². The zero-order chi connectivity index (χ0) is 24.3. The van der Waals surface area contributed by atoms with Crippen LogP contribution in [0.5, 0.6) is 0 Å². The number of benzene rings is 2. The van der Waals surface area contributed by atoms with Gasteiger partial charge in [-0.1, -0.05) is 49.3 Å². The molecule has 1 saturated heterocycles. The minimum Gasteiger partial charge on any atom is -0.353 e. The number of hydrogen-bond donors (Lipinski definition) is 1. The Labute approximate surface area is 200 Å². The first-order chi connectivity index (χ1) is 16.3. The molecule has 178 valence electrons. The maximum absolute atomic E-state index is 13.5. The first-order valence-corrected chi connectivity index (χ1v) is 11.9. The summed E-state index contributed by atoms with van der Waals surface area (Å²) >= 11 is 0. The highest BCUT2D eigenvalue weighted by atomic mass is 16.5. The average Bonchev–Trinajstić information content (AvgIpc) is 3.30. The molecule has 0 unspecified atom stereocenters. The summed E-state index contributed by atoms with van der Waals surface area (Å²) < 4.78 is 5.20. The van der Waals surface area contributed by atoms with Crippen LogP contribution in [0, 0.1) is 12.8 Å². The van der Waals surface area contributed by atoms with E-state index in [1.165, 1.54) is 0 Å². The molecule has 0 saturated carbocycles. The van der Waals surface area contributed by atoms with Gasteiger partial charge in [0.2, 0.25) is 5.91 Å².